The first kappa shape index (κ1) is 18.7. The van der Waals surface area contributed by atoms with Crippen molar-refractivity contribution in [3.05, 3.63) is 30.3 Å². The zero-order valence-corrected chi connectivity index (χ0v) is 14.8. The van der Waals surface area contributed by atoms with Crippen molar-refractivity contribution in [3.63, 3.8) is 0 Å². The standard InChI is InChI=1S/C16H26NO4P/c1-12(2)16(18)20-11-14(5)17-22(19,13(3)4)21-15-9-7-6-8-10-15/h6-10,12-14H,11H2,1-5H3,(H,17,19)/t14-,22+/m0/s1. The molecule has 0 aromatic heterocycles. The number of hydrogen-bond donors (Lipinski definition) is 1. The lowest BCUT2D eigenvalue weighted by Crippen LogP contribution is -2.33. The number of rotatable bonds is 8. The van der Waals surface area contributed by atoms with Crippen molar-refractivity contribution in [3.8, 4) is 5.75 Å². The number of para-hydroxylation sites is 1. The first-order valence-corrected chi connectivity index (χ1v) is 9.22. The van der Waals surface area contributed by atoms with Crippen molar-refractivity contribution in [1.82, 2.24) is 5.09 Å². The third-order valence-electron chi connectivity index (χ3n) is 3.01. The third-order valence-corrected chi connectivity index (χ3v) is 5.65. The van der Waals surface area contributed by atoms with Crippen LogP contribution >= 0.6 is 7.52 Å². The topological polar surface area (TPSA) is 64.6 Å². The molecule has 0 aliphatic heterocycles. The van der Waals surface area contributed by atoms with E-state index >= 15 is 0 Å². The molecule has 0 aliphatic carbocycles. The molecule has 5 nitrogen and oxygen atoms in total. The minimum atomic E-state index is -3.09. The molecule has 2 atom stereocenters. The zero-order valence-electron chi connectivity index (χ0n) is 13.9. The van der Waals surface area contributed by atoms with Crippen molar-refractivity contribution < 1.29 is 18.6 Å². The van der Waals surface area contributed by atoms with Gasteiger partial charge in [0.2, 0.25) is 0 Å². The van der Waals surface area contributed by atoms with E-state index in [0.29, 0.717) is 5.75 Å². The van der Waals surface area contributed by atoms with Gasteiger partial charge in [0.05, 0.1) is 11.6 Å². The van der Waals surface area contributed by atoms with E-state index in [1.807, 2.05) is 39.0 Å². The number of esters is 1. The normalized spacial score (nSPS) is 15.4. The van der Waals surface area contributed by atoms with E-state index in [4.69, 9.17) is 9.26 Å². The molecule has 6 heteroatoms. The van der Waals surface area contributed by atoms with Crippen LogP contribution in [-0.4, -0.2) is 24.3 Å². The minimum absolute atomic E-state index is 0.159. The largest absolute Gasteiger partial charge is 0.464 e. The summed E-state index contributed by atoms with van der Waals surface area (Å²) >= 11 is 0. The predicted octanol–water partition coefficient (Wildman–Crippen LogP) is 3.84. The van der Waals surface area contributed by atoms with Crippen molar-refractivity contribution in [2.45, 2.75) is 46.3 Å². The summed E-state index contributed by atoms with van der Waals surface area (Å²) in [7, 11) is -3.09. The Hall–Kier alpha value is -1.32. The summed E-state index contributed by atoms with van der Waals surface area (Å²) in [6.45, 7) is 9.20. The Morgan fingerprint density at radius 1 is 1.14 bits per heavy atom. The summed E-state index contributed by atoms with van der Waals surface area (Å²) in [6, 6.07) is 8.79. The maximum atomic E-state index is 13.0. The van der Waals surface area contributed by atoms with Crippen LogP contribution in [0.3, 0.4) is 0 Å². The fourth-order valence-electron chi connectivity index (χ4n) is 1.64. The SMILES string of the molecule is CC(C)C(=O)OC[C@H](C)N[P@](=O)(Oc1ccccc1)C(C)C. The fraction of sp³-hybridized carbons (Fsp3) is 0.562. The van der Waals surface area contributed by atoms with Gasteiger partial charge in [-0.1, -0.05) is 45.9 Å². The Labute approximate surface area is 132 Å². The van der Waals surface area contributed by atoms with Gasteiger partial charge in [0, 0.05) is 6.04 Å². The van der Waals surface area contributed by atoms with Crippen LogP contribution < -0.4 is 9.61 Å². The van der Waals surface area contributed by atoms with E-state index in [2.05, 4.69) is 5.09 Å². The lowest BCUT2D eigenvalue weighted by molar-refractivity contribution is -0.147. The lowest BCUT2D eigenvalue weighted by Gasteiger charge is -2.27. The van der Waals surface area contributed by atoms with Gasteiger partial charge in [0.25, 0.3) is 0 Å². The molecule has 0 spiro atoms. The van der Waals surface area contributed by atoms with Gasteiger partial charge in [-0.3, -0.25) is 9.36 Å². The quantitative estimate of drug-likeness (QED) is 0.580. The monoisotopic (exact) mass is 327 g/mol. The second-order valence-corrected chi connectivity index (χ2v) is 8.58. The molecular formula is C16H26NO4P. The highest BCUT2D eigenvalue weighted by Crippen LogP contribution is 2.48. The van der Waals surface area contributed by atoms with Crippen LogP contribution in [0.1, 0.15) is 34.6 Å². The Morgan fingerprint density at radius 3 is 2.23 bits per heavy atom. The van der Waals surface area contributed by atoms with E-state index in [-0.39, 0.29) is 30.2 Å². The first-order valence-electron chi connectivity index (χ1n) is 7.53. The maximum Gasteiger partial charge on any atom is 0.319 e. The average Bonchev–Trinajstić information content (AvgIpc) is 2.45. The lowest BCUT2D eigenvalue weighted by atomic mass is 10.2. The second-order valence-electron chi connectivity index (χ2n) is 5.91. The fourth-order valence-corrected chi connectivity index (χ4v) is 3.32. The molecule has 124 valence electrons. The molecule has 1 aromatic rings. The van der Waals surface area contributed by atoms with Crippen molar-refractivity contribution in [2.24, 2.45) is 5.92 Å². The van der Waals surface area contributed by atoms with Crippen LogP contribution in [0.2, 0.25) is 0 Å². The van der Waals surface area contributed by atoms with Crippen LogP contribution in [0.15, 0.2) is 30.3 Å². The summed E-state index contributed by atoms with van der Waals surface area (Å²) in [4.78, 5) is 11.5. The average molecular weight is 327 g/mol. The number of ether oxygens (including phenoxy) is 1. The second kappa shape index (κ2) is 8.35. The van der Waals surface area contributed by atoms with Gasteiger partial charge < -0.3 is 9.26 Å². The molecule has 1 aromatic carbocycles. The van der Waals surface area contributed by atoms with Crippen LogP contribution in [0, 0.1) is 5.92 Å². The maximum absolute atomic E-state index is 13.0. The third kappa shape index (κ3) is 5.82. The molecule has 1 N–H and O–H groups in total. The smallest absolute Gasteiger partial charge is 0.319 e. The van der Waals surface area contributed by atoms with Gasteiger partial charge in [0.1, 0.15) is 12.4 Å². The molecule has 0 fully saturated rings. The molecule has 0 radical (unpaired) electrons. The number of nitrogens with one attached hydrogen (secondary N) is 1. The molecule has 22 heavy (non-hydrogen) atoms. The number of hydrogen-bond acceptors (Lipinski definition) is 4. The molecule has 0 amide bonds. The van der Waals surface area contributed by atoms with E-state index in [9.17, 15) is 9.36 Å². The van der Waals surface area contributed by atoms with E-state index in [1.165, 1.54) is 0 Å². The summed E-state index contributed by atoms with van der Waals surface area (Å²) in [5, 5.41) is 2.99. The number of carbonyl (C=O) groups excluding carboxylic acids is 1. The van der Waals surface area contributed by atoms with Crippen LogP contribution in [0.4, 0.5) is 0 Å². The Bertz CT molecular complexity index is 516. The van der Waals surface area contributed by atoms with Crippen molar-refractivity contribution in [1.29, 1.82) is 0 Å². The Morgan fingerprint density at radius 2 is 1.73 bits per heavy atom. The molecule has 0 aliphatic rings. The van der Waals surface area contributed by atoms with Crippen LogP contribution in [0.25, 0.3) is 0 Å². The summed E-state index contributed by atoms with van der Waals surface area (Å²) in [5.41, 5.74) is -0.198. The van der Waals surface area contributed by atoms with Crippen molar-refractivity contribution >= 4 is 13.5 Å². The number of carbonyl (C=O) groups is 1. The van der Waals surface area contributed by atoms with Gasteiger partial charge >= 0.3 is 13.5 Å². The van der Waals surface area contributed by atoms with Gasteiger partial charge in [-0.15, -0.1) is 0 Å². The first-order chi connectivity index (χ1) is 10.2. The Kier molecular flexibility index (Phi) is 7.11. The molecule has 0 unspecified atom stereocenters. The highest BCUT2D eigenvalue weighted by atomic mass is 31.2. The van der Waals surface area contributed by atoms with Crippen LogP contribution in [-0.2, 0) is 14.1 Å². The van der Waals surface area contributed by atoms with E-state index in [0.717, 1.165) is 0 Å². The summed E-state index contributed by atoms with van der Waals surface area (Å²) in [5.74, 6) is 0.111. The van der Waals surface area contributed by atoms with E-state index < -0.39 is 7.52 Å². The van der Waals surface area contributed by atoms with Crippen LogP contribution in [0.5, 0.6) is 5.75 Å². The zero-order chi connectivity index (χ0) is 16.8. The molecule has 0 saturated carbocycles. The Balaban J connectivity index is 2.67. The summed E-state index contributed by atoms with van der Waals surface area (Å²) in [6.07, 6.45) is 0. The van der Waals surface area contributed by atoms with Gasteiger partial charge in [0.15, 0.2) is 0 Å². The molecular weight excluding hydrogens is 301 g/mol. The van der Waals surface area contributed by atoms with Gasteiger partial charge in [-0.25, -0.2) is 5.09 Å². The number of benzene rings is 1. The minimum Gasteiger partial charge on any atom is -0.464 e. The highest BCUT2D eigenvalue weighted by molar-refractivity contribution is 7.58. The molecule has 0 bridgehead atoms. The highest BCUT2D eigenvalue weighted by Gasteiger charge is 2.31. The van der Waals surface area contributed by atoms with Gasteiger partial charge in [-0.05, 0) is 19.1 Å². The van der Waals surface area contributed by atoms with E-state index in [1.54, 1.807) is 26.0 Å². The molecule has 0 saturated heterocycles. The van der Waals surface area contributed by atoms with Gasteiger partial charge in [-0.2, -0.15) is 0 Å². The molecule has 0 heterocycles. The summed E-state index contributed by atoms with van der Waals surface area (Å²) < 4.78 is 23.9. The van der Waals surface area contributed by atoms with Crippen molar-refractivity contribution in [2.75, 3.05) is 6.61 Å². The predicted molar refractivity (Wildman–Crippen MR) is 88.2 cm³/mol. The molecule has 1 rings (SSSR count).